The van der Waals surface area contributed by atoms with Gasteiger partial charge in [0.05, 0.1) is 12.3 Å². The van der Waals surface area contributed by atoms with Crippen LogP contribution in [0.4, 0.5) is 0 Å². The van der Waals surface area contributed by atoms with Gasteiger partial charge in [-0.2, -0.15) is 0 Å². The van der Waals surface area contributed by atoms with Crippen LogP contribution in [0.15, 0.2) is 42.5 Å². The molecular formula is C14H14ClNO2. The van der Waals surface area contributed by atoms with E-state index in [1.54, 1.807) is 6.07 Å². The second-order valence-electron chi connectivity index (χ2n) is 3.64. The van der Waals surface area contributed by atoms with E-state index < -0.39 is 0 Å². The first-order chi connectivity index (χ1) is 8.78. The summed E-state index contributed by atoms with van der Waals surface area (Å²) in [4.78, 5) is 4.15. The van der Waals surface area contributed by atoms with E-state index in [1.807, 2.05) is 43.3 Å². The standard InChI is InChI=1S/C14H14ClNO2/c1-2-17-12-6-8-13(9-7-12)18-10-11-4-3-5-14(15)16-11/h3-9H,2,10H2,1H3. The third kappa shape index (κ3) is 3.64. The third-order valence-corrected chi connectivity index (χ3v) is 2.50. The SMILES string of the molecule is CCOc1ccc(OCc2cccc(Cl)n2)cc1. The molecule has 18 heavy (non-hydrogen) atoms. The van der Waals surface area contributed by atoms with E-state index in [9.17, 15) is 0 Å². The van der Waals surface area contributed by atoms with Gasteiger partial charge >= 0.3 is 0 Å². The van der Waals surface area contributed by atoms with E-state index in [2.05, 4.69) is 4.98 Å². The average Bonchev–Trinajstić information content (AvgIpc) is 2.38. The van der Waals surface area contributed by atoms with Crippen LogP contribution in [0, 0.1) is 0 Å². The lowest BCUT2D eigenvalue weighted by Gasteiger charge is -2.07. The molecule has 0 aliphatic rings. The number of hydrogen-bond donors (Lipinski definition) is 0. The van der Waals surface area contributed by atoms with Crippen molar-refractivity contribution in [3.05, 3.63) is 53.3 Å². The van der Waals surface area contributed by atoms with E-state index >= 15 is 0 Å². The summed E-state index contributed by atoms with van der Waals surface area (Å²) in [6.45, 7) is 3.01. The predicted molar refractivity (Wildman–Crippen MR) is 71.2 cm³/mol. The highest BCUT2D eigenvalue weighted by Crippen LogP contribution is 2.18. The minimum Gasteiger partial charge on any atom is -0.494 e. The zero-order chi connectivity index (χ0) is 12.8. The fourth-order valence-electron chi connectivity index (χ4n) is 1.49. The molecule has 2 rings (SSSR count). The first-order valence-electron chi connectivity index (χ1n) is 5.75. The number of aromatic nitrogens is 1. The van der Waals surface area contributed by atoms with Crippen molar-refractivity contribution in [3.63, 3.8) is 0 Å². The monoisotopic (exact) mass is 263 g/mol. The van der Waals surface area contributed by atoms with Gasteiger partial charge in [-0.3, -0.25) is 0 Å². The van der Waals surface area contributed by atoms with Crippen molar-refractivity contribution in [1.82, 2.24) is 4.98 Å². The number of halogens is 1. The predicted octanol–water partition coefficient (Wildman–Crippen LogP) is 3.71. The summed E-state index contributed by atoms with van der Waals surface area (Å²) in [6, 6.07) is 13.0. The summed E-state index contributed by atoms with van der Waals surface area (Å²) >= 11 is 5.80. The Morgan fingerprint density at radius 3 is 2.28 bits per heavy atom. The van der Waals surface area contributed by atoms with Crippen LogP contribution in [0.2, 0.25) is 5.15 Å². The van der Waals surface area contributed by atoms with Crippen molar-refractivity contribution < 1.29 is 9.47 Å². The molecule has 2 aromatic rings. The number of hydrogen-bond acceptors (Lipinski definition) is 3. The zero-order valence-corrected chi connectivity index (χ0v) is 10.9. The van der Waals surface area contributed by atoms with Crippen LogP contribution in [0.3, 0.4) is 0 Å². The van der Waals surface area contributed by atoms with Crippen molar-refractivity contribution in [2.45, 2.75) is 13.5 Å². The highest BCUT2D eigenvalue weighted by Gasteiger charge is 1.99. The molecule has 0 amide bonds. The molecule has 0 N–H and O–H groups in total. The fourth-order valence-corrected chi connectivity index (χ4v) is 1.67. The Labute approximate surface area is 111 Å². The zero-order valence-electron chi connectivity index (χ0n) is 10.1. The lowest BCUT2D eigenvalue weighted by atomic mass is 10.3. The minimum atomic E-state index is 0.397. The van der Waals surface area contributed by atoms with Crippen molar-refractivity contribution in [1.29, 1.82) is 0 Å². The summed E-state index contributed by atoms with van der Waals surface area (Å²) in [6.07, 6.45) is 0. The molecule has 1 aromatic heterocycles. The Kier molecular flexibility index (Phi) is 4.42. The van der Waals surface area contributed by atoms with Gasteiger partial charge in [-0.15, -0.1) is 0 Å². The number of pyridine rings is 1. The molecule has 0 aliphatic carbocycles. The summed E-state index contributed by atoms with van der Waals surface area (Å²) < 4.78 is 11.0. The number of rotatable bonds is 5. The van der Waals surface area contributed by atoms with Crippen LogP contribution in [0.5, 0.6) is 11.5 Å². The van der Waals surface area contributed by atoms with Crippen molar-refractivity contribution >= 4 is 11.6 Å². The maximum atomic E-state index is 5.80. The number of benzene rings is 1. The Balaban J connectivity index is 1.93. The first kappa shape index (κ1) is 12.7. The van der Waals surface area contributed by atoms with Crippen LogP contribution in [0.25, 0.3) is 0 Å². The Morgan fingerprint density at radius 1 is 1.00 bits per heavy atom. The highest BCUT2D eigenvalue weighted by molar-refractivity contribution is 6.29. The van der Waals surface area contributed by atoms with E-state index in [0.717, 1.165) is 17.2 Å². The molecule has 1 aromatic carbocycles. The first-order valence-corrected chi connectivity index (χ1v) is 6.13. The summed E-state index contributed by atoms with van der Waals surface area (Å²) in [5, 5.41) is 0.475. The lowest BCUT2D eigenvalue weighted by Crippen LogP contribution is -1.98. The van der Waals surface area contributed by atoms with Crippen LogP contribution in [-0.4, -0.2) is 11.6 Å². The number of ether oxygens (including phenoxy) is 2. The number of nitrogens with zero attached hydrogens (tertiary/aromatic N) is 1. The van der Waals surface area contributed by atoms with Gasteiger partial charge in [0, 0.05) is 0 Å². The molecule has 0 aliphatic heterocycles. The molecule has 0 bridgehead atoms. The molecule has 94 valence electrons. The molecule has 0 unspecified atom stereocenters. The molecule has 3 nitrogen and oxygen atoms in total. The summed E-state index contributed by atoms with van der Waals surface area (Å²) in [7, 11) is 0. The van der Waals surface area contributed by atoms with Gasteiger partial charge in [-0.05, 0) is 43.3 Å². The molecule has 0 saturated carbocycles. The van der Waals surface area contributed by atoms with Gasteiger partial charge < -0.3 is 9.47 Å². The lowest BCUT2D eigenvalue weighted by molar-refractivity contribution is 0.299. The van der Waals surface area contributed by atoms with E-state index in [4.69, 9.17) is 21.1 Å². The van der Waals surface area contributed by atoms with E-state index in [0.29, 0.717) is 18.4 Å². The third-order valence-electron chi connectivity index (χ3n) is 2.29. The van der Waals surface area contributed by atoms with Gasteiger partial charge in [-0.1, -0.05) is 17.7 Å². The molecule has 0 fully saturated rings. The Morgan fingerprint density at radius 2 is 1.67 bits per heavy atom. The van der Waals surface area contributed by atoms with E-state index in [-0.39, 0.29) is 0 Å². The van der Waals surface area contributed by atoms with Gasteiger partial charge in [-0.25, -0.2) is 4.98 Å². The fraction of sp³-hybridized carbons (Fsp3) is 0.214. The normalized spacial score (nSPS) is 10.1. The second-order valence-corrected chi connectivity index (χ2v) is 4.03. The minimum absolute atomic E-state index is 0.397. The smallest absolute Gasteiger partial charge is 0.130 e. The molecule has 0 spiro atoms. The molecule has 0 radical (unpaired) electrons. The quantitative estimate of drug-likeness (QED) is 0.771. The van der Waals surface area contributed by atoms with Crippen LogP contribution < -0.4 is 9.47 Å². The van der Waals surface area contributed by atoms with Gasteiger partial charge in [0.1, 0.15) is 23.3 Å². The second kappa shape index (κ2) is 6.26. The Hall–Kier alpha value is -1.74. The van der Waals surface area contributed by atoms with Crippen LogP contribution >= 0.6 is 11.6 Å². The van der Waals surface area contributed by atoms with E-state index in [1.165, 1.54) is 0 Å². The van der Waals surface area contributed by atoms with Crippen molar-refractivity contribution in [2.75, 3.05) is 6.61 Å². The maximum Gasteiger partial charge on any atom is 0.130 e. The van der Waals surface area contributed by atoms with Crippen LogP contribution in [0.1, 0.15) is 12.6 Å². The van der Waals surface area contributed by atoms with Gasteiger partial charge in [0.25, 0.3) is 0 Å². The molecule has 1 heterocycles. The topological polar surface area (TPSA) is 31.4 Å². The maximum absolute atomic E-state index is 5.80. The largest absolute Gasteiger partial charge is 0.494 e. The molecule has 0 saturated heterocycles. The summed E-state index contributed by atoms with van der Waals surface area (Å²) in [5.74, 6) is 1.62. The molecular weight excluding hydrogens is 250 g/mol. The van der Waals surface area contributed by atoms with Gasteiger partial charge in [0.2, 0.25) is 0 Å². The molecule has 0 atom stereocenters. The summed E-state index contributed by atoms with van der Waals surface area (Å²) in [5.41, 5.74) is 0.802. The van der Waals surface area contributed by atoms with Crippen LogP contribution in [-0.2, 0) is 6.61 Å². The van der Waals surface area contributed by atoms with Crippen molar-refractivity contribution in [3.8, 4) is 11.5 Å². The average molecular weight is 264 g/mol. The molecule has 4 heteroatoms. The Bertz CT molecular complexity index is 499. The van der Waals surface area contributed by atoms with Crippen molar-refractivity contribution in [2.24, 2.45) is 0 Å². The van der Waals surface area contributed by atoms with Gasteiger partial charge in [0.15, 0.2) is 0 Å². The highest BCUT2D eigenvalue weighted by atomic mass is 35.5.